The Balaban J connectivity index is 0.00000312. The van der Waals surface area contributed by atoms with Gasteiger partial charge in [0, 0.05) is 32.7 Å². The smallest absolute Gasteiger partial charge is 0.256 e. The van der Waals surface area contributed by atoms with E-state index in [9.17, 15) is 22.4 Å². The summed E-state index contributed by atoms with van der Waals surface area (Å²) >= 11 is 7.05. The molecule has 1 amide bonds. The van der Waals surface area contributed by atoms with Crippen LogP contribution in [-0.4, -0.2) is 41.3 Å². The summed E-state index contributed by atoms with van der Waals surface area (Å²) in [5.41, 5.74) is -0.979. The predicted octanol–water partition coefficient (Wildman–Crippen LogP) is 3.91. The summed E-state index contributed by atoms with van der Waals surface area (Å²) in [5.74, 6) is -2.76. The Hall–Kier alpha value is -0.306. The van der Waals surface area contributed by atoms with Crippen LogP contribution in [0.25, 0.3) is 5.70 Å². The van der Waals surface area contributed by atoms with E-state index in [2.05, 4.69) is 6.08 Å². The summed E-state index contributed by atoms with van der Waals surface area (Å²) in [6.07, 6.45) is 1.28. The maximum Gasteiger partial charge on any atom is 0.256 e. The number of halogens is 5. The third-order valence-electron chi connectivity index (χ3n) is 3.17. The maximum atomic E-state index is 14.3. The molecule has 1 unspecified atom stereocenters. The van der Waals surface area contributed by atoms with E-state index < -0.39 is 41.5 Å². The van der Waals surface area contributed by atoms with Gasteiger partial charge in [0.15, 0.2) is 0 Å². The number of carbonyl (C=O) groups excluding carboxylic acids is 1. The molecule has 1 atom stereocenters. The summed E-state index contributed by atoms with van der Waals surface area (Å²) in [6.45, 7) is -1.02. The van der Waals surface area contributed by atoms with Gasteiger partial charge in [-0.05, 0) is 18.4 Å². The molecule has 1 aliphatic heterocycles. The molecular formula is C15H13ClF4NO2SY-. The number of allylic oxidation sites excluding steroid dienone is 1. The Morgan fingerprint density at radius 2 is 2.00 bits per heavy atom. The van der Waals surface area contributed by atoms with Gasteiger partial charge in [-0.3, -0.25) is 4.79 Å². The Morgan fingerprint density at radius 3 is 2.52 bits per heavy atom. The molecule has 1 radical (unpaired) electrons. The van der Waals surface area contributed by atoms with E-state index in [4.69, 9.17) is 16.3 Å². The zero-order valence-corrected chi connectivity index (χ0v) is 17.5. The number of thioether (sulfide) groups is 1. The van der Waals surface area contributed by atoms with Crippen molar-refractivity contribution in [3.8, 4) is 5.75 Å². The molecule has 0 saturated heterocycles. The second-order valence-corrected chi connectivity index (χ2v) is 6.19. The van der Waals surface area contributed by atoms with Gasteiger partial charge >= 0.3 is 0 Å². The normalized spacial score (nSPS) is 17.4. The zero-order chi connectivity index (χ0) is 17.9. The molecule has 3 nitrogen and oxygen atoms in total. The Labute approximate surface area is 177 Å². The van der Waals surface area contributed by atoms with Crippen molar-refractivity contribution >= 4 is 35.0 Å². The van der Waals surface area contributed by atoms with E-state index in [0.29, 0.717) is 4.90 Å². The first-order valence-electron chi connectivity index (χ1n) is 6.80. The monoisotopic (exact) mass is 471 g/mol. The van der Waals surface area contributed by atoms with Crippen LogP contribution < -0.4 is 4.74 Å². The van der Waals surface area contributed by atoms with Crippen LogP contribution in [0, 0.1) is 17.7 Å². The Morgan fingerprint density at radius 1 is 1.40 bits per heavy atom. The van der Waals surface area contributed by atoms with Gasteiger partial charge in [0.2, 0.25) is 5.91 Å². The second kappa shape index (κ2) is 10.1. The first kappa shape index (κ1) is 22.7. The fourth-order valence-corrected chi connectivity index (χ4v) is 2.63. The van der Waals surface area contributed by atoms with Crippen molar-refractivity contribution < 1.29 is 59.8 Å². The van der Waals surface area contributed by atoms with E-state index in [0.717, 1.165) is 12.1 Å². The van der Waals surface area contributed by atoms with Crippen molar-refractivity contribution in [2.75, 3.05) is 18.7 Å². The molecule has 0 fully saturated rings. The van der Waals surface area contributed by atoms with E-state index in [1.807, 2.05) is 0 Å². The molecule has 0 spiro atoms. The van der Waals surface area contributed by atoms with Crippen LogP contribution in [0.15, 0.2) is 12.1 Å². The molecule has 0 aliphatic carbocycles. The molecule has 10 heteroatoms. The van der Waals surface area contributed by atoms with Crippen LogP contribution in [-0.2, 0) is 37.5 Å². The summed E-state index contributed by atoms with van der Waals surface area (Å²) in [4.78, 5) is 12.6. The molecular weight excluding hydrogens is 459 g/mol. The Bertz CT molecular complexity index is 639. The van der Waals surface area contributed by atoms with Crippen molar-refractivity contribution in [1.82, 2.24) is 4.90 Å². The van der Waals surface area contributed by atoms with Gasteiger partial charge in [0.25, 0.3) is 6.43 Å². The summed E-state index contributed by atoms with van der Waals surface area (Å²) in [5, 5.41) is -1.09. The van der Waals surface area contributed by atoms with Crippen LogP contribution in [0.3, 0.4) is 0 Å². The van der Waals surface area contributed by atoms with Gasteiger partial charge < -0.3 is 9.64 Å². The topological polar surface area (TPSA) is 29.5 Å². The third-order valence-corrected chi connectivity index (χ3v) is 3.86. The number of amides is 1. The summed E-state index contributed by atoms with van der Waals surface area (Å²) in [6, 6.07) is 1.86. The number of ether oxygens (including phenoxy) is 1. The number of nitrogens with zero attached hydrogens (tertiary/aromatic N) is 1. The average molecular weight is 472 g/mol. The van der Waals surface area contributed by atoms with Crippen molar-refractivity contribution in [2.24, 2.45) is 0 Å². The second-order valence-electron chi connectivity index (χ2n) is 4.85. The van der Waals surface area contributed by atoms with Crippen molar-refractivity contribution in [3.05, 3.63) is 35.4 Å². The molecule has 135 valence electrons. The van der Waals surface area contributed by atoms with E-state index in [-0.39, 0.29) is 56.5 Å². The molecule has 1 aromatic carbocycles. The molecule has 0 N–H and O–H groups in total. The zero-order valence-electron chi connectivity index (χ0n) is 13.1. The summed E-state index contributed by atoms with van der Waals surface area (Å²) in [7, 11) is 0. The fraction of sp³-hybridized carbons (Fsp3) is 0.400. The molecule has 0 aromatic heterocycles. The van der Waals surface area contributed by atoms with Gasteiger partial charge in [0.1, 0.15) is 17.1 Å². The minimum absolute atomic E-state index is 0. The van der Waals surface area contributed by atoms with Gasteiger partial charge in [-0.15, -0.1) is 29.1 Å². The van der Waals surface area contributed by atoms with Gasteiger partial charge in [-0.2, -0.15) is 0 Å². The molecule has 1 aromatic rings. The minimum atomic E-state index is -2.89. The van der Waals surface area contributed by atoms with Crippen LogP contribution in [0.5, 0.6) is 5.75 Å². The first-order chi connectivity index (χ1) is 11.3. The fourth-order valence-electron chi connectivity index (χ4n) is 2.18. The Kier molecular flexibility index (Phi) is 9.22. The number of benzene rings is 1. The number of hydrogen-bond donors (Lipinski definition) is 0. The maximum absolute atomic E-state index is 14.3. The molecule has 1 aliphatic rings. The standard InChI is InChI=1S/C15H13ClF4NO2S.Y/c1-24-7-23-8-4-10(17)14(11(18)5-8)12-3-2-9(16)15(22)21(12)6-13(19)20;/h4-5,9,13H,2,6-7H2,1H3;/q-1;. The molecule has 1 heterocycles. The number of alkyl halides is 3. The average Bonchev–Trinajstić information content (AvgIpc) is 2.51. The predicted molar refractivity (Wildman–Crippen MR) is 84.0 cm³/mol. The van der Waals surface area contributed by atoms with Gasteiger partial charge in [-0.25, -0.2) is 23.6 Å². The third kappa shape index (κ3) is 5.58. The van der Waals surface area contributed by atoms with E-state index in [1.54, 1.807) is 6.26 Å². The molecule has 2 rings (SSSR count). The van der Waals surface area contributed by atoms with Gasteiger partial charge in [-0.1, -0.05) is 12.0 Å². The van der Waals surface area contributed by atoms with E-state index >= 15 is 0 Å². The minimum Gasteiger partial charge on any atom is -0.483 e. The number of carbonyl (C=O) groups is 1. The first-order valence-corrected chi connectivity index (χ1v) is 8.63. The van der Waals surface area contributed by atoms with Crippen LogP contribution >= 0.6 is 23.4 Å². The largest absolute Gasteiger partial charge is 0.483 e. The van der Waals surface area contributed by atoms with E-state index in [1.165, 1.54) is 11.8 Å². The molecule has 25 heavy (non-hydrogen) atoms. The molecule has 0 saturated carbocycles. The SMILES string of the molecule is CSCOc1cc(F)c(C2=[C-]CC(Cl)C(=O)N2CC(F)F)c(F)c1.[Y]. The van der Waals surface area contributed by atoms with Crippen molar-refractivity contribution in [3.63, 3.8) is 0 Å². The quantitative estimate of drug-likeness (QED) is 0.273. The molecule has 0 bridgehead atoms. The number of hydrogen-bond acceptors (Lipinski definition) is 3. The van der Waals surface area contributed by atoms with Crippen LogP contribution in [0.1, 0.15) is 12.0 Å². The summed E-state index contributed by atoms with van der Waals surface area (Å²) < 4.78 is 59.2. The van der Waals surface area contributed by atoms with Crippen molar-refractivity contribution in [2.45, 2.75) is 18.2 Å². The van der Waals surface area contributed by atoms with Crippen LogP contribution in [0.2, 0.25) is 0 Å². The van der Waals surface area contributed by atoms with Crippen molar-refractivity contribution in [1.29, 1.82) is 0 Å². The van der Waals surface area contributed by atoms with Crippen LogP contribution in [0.4, 0.5) is 17.6 Å². The number of rotatable bonds is 6. The van der Waals surface area contributed by atoms with Gasteiger partial charge in [0.05, 0.1) is 18.2 Å².